The Labute approximate surface area is 140 Å². The average Bonchev–Trinajstić information content (AvgIpc) is 2.58. The van der Waals surface area contributed by atoms with Crippen LogP contribution in [0.15, 0.2) is 29.2 Å². The van der Waals surface area contributed by atoms with Crippen molar-refractivity contribution in [2.45, 2.75) is 4.90 Å². The fourth-order valence-electron chi connectivity index (χ4n) is 2.82. The van der Waals surface area contributed by atoms with E-state index in [-0.39, 0.29) is 18.4 Å². The van der Waals surface area contributed by atoms with E-state index in [2.05, 4.69) is 15.5 Å². The van der Waals surface area contributed by atoms with Gasteiger partial charge in [-0.3, -0.25) is 14.5 Å². The molecule has 3 rings (SSSR count). The number of rotatable bonds is 5. The number of benzene rings is 1. The monoisotopic (exact) mass is 334 g/mol. The van der Waals surface area contributed by atoms with Crippen LogP contribution in [0.1, 0.15) is 0 Å². The third kappa shape index (κ3) is 4.25. The molecule has 2 aliphatic rings. The normalized spacial score (nSPS) is 18.6. The van der Waals surface area contributed by atoms with Crippen LogP contribution in [0, 0.1) is 0 Å². The van der Waals surface area contributed by atoms with E-state index in [1.807, 2.05) is 24.3 Å². The summed E-state index contributed by atoms with van der Waals surface area (Å²) >= 11 is 1.53. The Hall–Kier alpha value is -1.57. The van der Waals surface area contributed by atoms with E-state index in [0.29, 0.717) is 12.3 Å². The van der Waals surface area contributed by atoms with Crippen LogP contribution < -0.4 is 15.5 Å². The van der Waals surface area contributed by atoms with Crippen LogP contribution in [-0.2, 0) is 9.59 Å². The summed E-state index contributed by atoms with van der Waals surface area (Å²) in [5.74, 6) is 0.284. The lowest BCUT2D eigenvalue weighted by molar-refractivity contribution is -0.123. The van der Waals surface area contributed by atoms with Crippen LogP contribution >= 0.6 is 11.8 Å². The van der Waals surface area contributed by atoms with Gasteiger partial charge in [-0.05, 0) is 12.1 Å². The molecule has 2 amide bonds. The highest BCUT2D eigenvalue weighted by Crippen LogP contribution is 2.34. The number of nitrogens with one attached hydrogen (secondary N) is 2. The summed E-state index contributed by atoms with van der Waals surface area (Å²) < 4.78 is 0. The van der Waals surface area contributed by atoms with Gasteiger partial charge in [-0.15, -0.1) is 11.8 Å². The maximum Gasteiger partial charge on any atom is 0.240 e. The smallest absolute Gasteiger partial charge is 0.240 e. The molecule has 0 aromatic heterocycles. The first-order valence-corrected chi connectivity index (χ1v) is 8.94. The van der Waals surface area contributed by atoms with Crippen molar-refractivity contribution in [3.8, 4) is 0 Å². The second-order valence-electron chi connectivity index (χ2n) is 5.68. The van der Waals surface area contributed by atoms with Gasteiger partial charge in [0.15, 0.2) is 0 Å². The number of thioether (sulfide) groups is 1. The number of piperazine rings is 1. The molecule has 124 valence electrons. The third-order valence-electron chi connectivity index (χ3n) is 4.07. The minimum Gasteiger partial charge on any atom is -0.353 e. The zero-order chi connectivity index (χ0) is 16.1. The first-order valence-electron chi connectivity index (χ1n) is 7.96. The maximum absolute atomic E-state index is 12.2. The van der Waals surface area contributed by atoms with Crippen LogP contribution in [0.2, 0.25) is 0 Å². The van der Waals surface area contributed by atoms with E-state index in [9.17, 15) is 9.59 Å². The minimum absolute atomic E-state index is 0.00838. The molecule has 2 heterocycles. The molecule has 1 fully saturated rings. The summed E-state index contributed by atoms with van der Waals surface area (Å²) in [6.07, 6.45) is 0. The highest BCUT2D eigenvalue weighted by molar-refractivity contribution is 8.00. The van der Waals surface area contributed by atoms with Crippen molar-refractivity contribution in [2.24, 2.45) is 0 Å². The van der Waals surface area contributed by atoms with Gasteiger partial charge in [0.25, 0.3) is 0 Å². The predicted octanol–water partition coefficient (Wildman–Crippen LogP) is 0.147. The second kappa shape index (κ2) is 7.81. The SMILES string of the molecule is O=C(CN1C(=O)CSc2ccccc21)NCCN1CCNCC1. The largest absolute Gasteiger partial charge is 0.353 e. The highest BCUT2D eigenvalue weighted by Gasteiger charge is 2.26. The van der Waals surface area contributed by atoms with Crippen molar-refractivity contribution in [3.05, 3.63) is 24.3 Å². The van der Waals surface area contributed by atoms with Gasteiger partial charge < -0.3 is 15.5 Å². The van der Waals surface area contributed by atoms with Gasteiger partial charge in [0.2, 0.25) is 11.8 Å². The number of carbonyl (C=O) groups is 2. The standard InChI is InChI=1S/C16H22N4O2S/c21-15(18-7-10-19-8-5-17-6-9-19)11-20-13-3-1-2-4-14(13)23-12-16(20)22/h1-4,17H,5-12H2,(H,18,21). The van der Waals surface area contributed by atoms with Crippen LogP contribution in [0.3, 0.4) is 0 Å². The summed E-state index contributed by atoms with van der Waals surface area (Å²) in [7, 11) is 0. The number of hydrogen-bond donors (Lipinski definition) is 2. The van der Waals surface area contributed by atoms with Gasteiger partial charge in [0.05, 0.1) is 11.4 Å². The fraction of sp³-hybridized carbons (Fsp3) is 0.500. The molecule has 0 radical (unpaired) electrons. The number of hydrogen-bond acceptors (Lipinski definition) is 5. The minimum atomic E-state index is -0.102. The lowest BCUT2D eigenvalue weighted by Gasteiger charge is -2.29. The summed E-state index contributed by atoms with van der Waals surface area (Å²) in [6, 6.07) is 7.73. The Morgan fingerprint density at radius 1 is 1.26 bits per heavy atom. The Morgan fingerprint density at radius 2 is 2.04 bits per heavy atom. The molecule has 0 spiro atoms. The highest BCUT2D eigenvalue weighted by atomic mass is 32.2. The Balaban J connectivity index is 1.50. The van der Waals surface area contributed by atoms with Crippen molar-refractivity contribution in [2.75, 3.05) is 56.5 Å². The molecule has 6 nitrogen and oxygen atoms in total. The fourth-order valence-corrected chi connectivity index (χ4v) is 3.75. The zero-order valence-corrected chi connectivity index (χ0v) is 13.9. The summed E-state index contributed by atoms with van der Waals surface area (Å²) in [5.41, 5.74) is 0.839. The van der Waals surface area contributed by atoms with E-state index >= 15 is 0 Å². The number of amides is 2. The Morgan fingerprint density at radius 3 is 2.87 bits per heavy atom. The number of fused-ring (bicyclic) bond motifs is 1. The molecular formula is C16H22N4O2S. The molecule has 1 aromatic rings. The summed E-state index contributed by atoms with van der Waals surface area (Å²) in [6.45, 7) is 5.62. The van der Waals surface area contributed by atoms with Crippen molar-refractivity contribution in [1.29, 1.82) is 0 Å². The van der Waals surface area contributed by atoms with Gasteiger partial charge in [-0.1, -0.05) is 12.1 Å². The molecular weight excluding hydrogens is 312 g/mol. The molecule has 2 N–H and O–H groups in total. The van der Waals surface area contributed by atoms with Crippen LogP contribution in [0.5, 0.6) is 0 Å². The quantitative estimate of drug-likeness (QED) is 0.802. The van der Waals surface area contributed by atoms with Crippen molar-refractivity contribution < 1.29 is 9.59 Å². The number of nitrogens with zero attached hydrogens (tertiary/aromatic N) is 2. The van der Waals surface area contributed by atoms with E-state index in [1.54, 1.807) is 4.90 Å². The molecule has 23 heavy (non-hydrogen) atoms. The van der Waals surface area contributed by atoms with Crippen LogP contribution in [-0.4, -0.2) is 68.3 Å². The molecule has 0 aliphatic carbocycles. The topological polar surface area (TPSA) is 64.7 Å². The Kier molecular flexibility index (Phi) is 5.53. The van der Waals surface area contributed by atoms with E-state index in [4.69, 9.17) is 0 Å². The first kappa shape index (κ1) is 16.3. The number of carbonyl (C=O) groups excluding carboxylic acids is 2. The molecule has 7 heteroatoms. The molecule has 0 bridgehead atoms. The van der Waals surface area contributed by atoms with Gasteiger partial charge >= 0.3 is 0 Å². The molecule has 1 aromatic carbocycles. The summed E-state index contributed by atoms with van der Waals surface area (Å²) in [4.78, 5) is 29.3. The average molecular weight is 334 g/mol. The van der Waals surface area contributed by atoms with Crippen LogP contribution in [0.4, 0.5) is 5.69 Å². The van der Waals surface area contributed by atoms with Gasteiger partial charge in [-0.2, -0.15) is 0 Å². The van der Waals surface area contributed by atoms with Gasteiger partial charge in [0.1, 0.15) is 6.54 Å². The second-order valence-corrected chi connectivity index (χ2v) is 6.70. The van der Waals surface area contributed by atoms with Crippen LogP contribution in [0.25, 0.3) is 0 Å². The first-order chi connectivity index (χ1) is 11.2. The zero-order valence-electron chi connectivity index (χ0n) is 13.1. The van der Waals surface area contributed by atoms with E-state index < -0.39 is 0 Å². The van der Waals surface area contributed by atoms with E-state index in [0.717, 1.165) is 43.3 Å². The molecule has 0 saturated carbocycles. The number of para-hydroxylation sites is 1. The predicted molar refractivity (Wildman–Crippen MR) is 91.8 cm³/mol. The third-order valence-corrected chi connectivity index (χ3v) is 5.12. The maximum atomic E-state index is 12.2. The number of anilines is 1. The van der Waals surface area contributed by atoms with Crippen molar-refractivity contribution >= 4 is 29.3 Å². The van der Waals surface area contributed by atoms with Crippen molar-refractivity contribution in [3.63, 3.8) is 0 Å². The van der Waals surface area contributed by atoms with Crippen molar-refractivity contribution in [1.82, 2.24) is 15.5 Å². The lowest BCUT2D eigenvalue weighted by atomic mass is 10.2. The Bertz CT molecular complexity index is 575. The van der Waals surface area contributed by atoms with E-state index in [1.165, 1.54) is 11.8 Å². The summed E-state index contributed by atoms with van der Waals surface area (Å²) in [5, 5.41) is 6.23. The molecule has 0 atom stereocenters. The molecule has 2 aliphatic heterocycles. The lowest BCUT2D eigenvalue weighted by Crippen LogP contribution is -2.48. The molecule has 1 saturated heterocycles. The van der Waals surface area contributed by atoms with Gasteiger partial charge in [-0.25, -0.2) is 0 Å². The molecule has 0 unspecified atom stereocenters. The van der Waals surface area contributed by atoms with Gasteiger partial charge in [0, 0.05) is 44.2 Å².